The van der Waals surface area contributed by atoms with Gasteiger partial charge >= 0.3 is 12.2 Å². The summed E-state index contributed by atoms with van der Waals surface area (Å²) in [4.78, 5) is 24.7. The van der Waals surface area contributed by atoms with E-state index < -0.39 is 33.7 Å². The second-order valence-corrected chi connectivity index (χ2v) is 11.2. The van der Waals surface area contributed by atoms with E-state index >= 15 is 0 Å². The topological polar surface area (TPSA) is 131 Å². The predicted molar refractivity (Wildman–Crippen MR) is 139 cm³/mol. The Morgan fingerprint density at radius 1 is 0.974 bits per heavy atom. The van der Waals surface area contributed by atoms with Crippen molar-refractivity contribution in [3.05, 3.63) is 53.1 Å². The minimum Gasteiger partial charge on any atom is -0.369 e. The van der Waals surface area contributed by atoms with Crippen LogP contribution in [0.15, 0.2) is 47.4 Å². The average Bonchev–Trinajstić information content (AvgIpc) is 2.90. The molecule has 0 atom stereocenters. The molecule has 0 radical (unpaired) electrons. The van der Waals surface area contributed by atoms with E-state index in [1.807, 2.05) is 0 Å². The maximum absolute atomic E-state index is 13.1. The fourth-order valence-corrected chi connectivity index (χ4v) is 5.64. The van der Waals surface area contributed by atoms with Crippen molar-refractivity contribution in [2.45, 2.75) is 36.8 Å². The second kappa shape index (κ2) is 13.3. The summed E-state index contributed by atoms with van der Waals surface area (Å²) in [6.45, 7) is 0.890. The molecule has 10 nitrogen and oxygen atoms in total. The van der Waals surface area contributed by atoms with Crippen molar-refractivity contribution in [1.29, 1.82) is 0 Å². The van der Waals surface area contributed by atoms with Crippen molar-refractivity contribution >= 4 is 44.9 Å². The lowest BCUT2D eigenvalue weighted by molar-refractivity contribution is -0.137. The van der Waals surface area contributed by atoms with Crippen molar-refractivity contribution < 1.29 is 36.4 Å². The summed E-state index contributed by atoms with van der Waals surface area (Å²) >= 11 is 5.88. The molecular formula is C24H29ClF3N5O5S. The lowest BCUT2D eigenvalue weighted by Gasteiger charge is -2.35. The van der Waals surface area contributed by atoms with Gasteiger partial charge in [-0.2, -0.15) is 17.5 Å². The van der Waals surface area contributed by atoms with Gasteiger partial charge in [-0.15, -0.1) is 0 Å². The Morgan fingerprint density at radius 2 is 1.64 bits per heavy atom. The maximum Gasteiger partial charge on any atom is 0.416 e. The van der Waals surface area contributed by atoms with E-state index in [0.29, 0.717) is 31.5 Å². The molecule has 1 heterocycles. The number of halogens is 4. The highest BCUT2D eigenvalue weighted by Gasteiger charge is 2.33. The zero-order valence-corrected chi connectivity index (χ0v) is 22.4. The van der Waals surface area contributed by atoms with Crippen LogP contribution in [0.25, 0.3) is 0 Å². The summed E-state index contributed by atoms with van der Waals surface area (Å²) < 4.78 is 66.9. The third kappa shape index (κ3) is 8.71. The molecule has 3 amide bonds. The van der Waals surface area contributed by atoms with E-state index in [4.69, 9.17) is 16.8 Å². The van der Waals surface area contributed by atoms with Gasteiger partial charge in [0, 0.05) is 55.5 Å². The molecule has 4 N–H and O–H groups in total. The molecule has 2 aromatic rings. The van der Waals surface area contributed by atoms with Crippen molar-refractivity contribution in [2.24, 2.45) is 0 Å². The lowest BCUT2D eigenvalue weighted by Crippen LogP contribution is -2.48. The fraction of sp³-hybridized carbons (Fsp3) is 0.417. The highest BCUT2D eigenvalue weighted by atomic mass is 35.5. The number of hydrogen-bond donors (Lipinski definition) is 4. The van der Waals surface area contributed by atoms with Gasteiger partial charge < -0.3 is 15.5 Å². The Kier molecular flexibility index (Phi) is 10.4. The van der Waals surface area contributed by atoms with E-state index in [-0.39, 0.29) is 48.2 Å². The van der Waals surface area contributed by atoms with E-state index in [1.54, 1.807) is 10.4 Å². The van der Waals surface area contributed by atoms with Gasteiger partial charge in [0.05, 0.1) is 10.5 Å². The van der Waals surface area contributed by atoms with Gasteiger partial charge in [-0.05, 0) is 55.3 Å². The van der Waals surface area contributed by atoms with E-state index in [2.05, 4.69) is 10.6 Å². The number of anilines is 2. The first-order chi connectivity index (χ1) is 18.4. The Balaban J connectivity index is 1.50. The smallest absolute Gasteiger partial charge is 0.369 e. The molecule has 1 aliphatic heterocycles. The first kappa shape index (κ1) is 30.5. The zero-order chi connectivity index (χ0) is 28.6. The third-order valence-corrected chi connectivity index (χ3v) is 8.19. The molecule has 0 unspecified atom stereocenters. The molecule has 1 aliphatic rings. The van der Waals surface area contributed by atoms with Gasteiger partial charge in [0.15, 0.2) is 0 Å². The summed E-state index contributed by atoms with van der Waals surface area (Å²) in [5.74, 6) is -0.464. The quantitative estimate of drug-likeness (QED) is 0.187. The Bertz CT molecular complexity index is 1250. The van der Waals surface area contributed by atoms with Gasteiger partial charge in [-0.1, -0.05) is 18.0 Å². The average molecular weight is 592 g/mol. The van der Waals surface area contributed by atoms with Crippen LogP contribution >= 0.6 is 11.6 Å². The van der Waals surface area contributed by atoms with Gasteiger partial charge in [0.2, 0.25) is 15.9 Å². The number of hydrogen-bond acceptors (Lipinski definition) is 6. The fourth-order valence-electron chi connectivity index (χ4n) is 3.99. The Morgan fingerprint density at radius 3 is 2.26 bits per heavy atom. The number of nitrogens with one attached hydrogen (secondary N) is 3. The van der Waals surface area contributed by atoms with Crippen molar-refractivity contribution in [1.82, 2.24) is 15.1 Å². The number of carbonyl (C=O) groups excluding carboxylic acids is 2. The van der Waals surface area contributed by atoms with Crippen LogP contribution in [-0.4, -0.2) is 62.6 Å². The number of benzene rings is 2. The van der Waals surface area contributed by atoms with E-state index in [1.165, 1.54) is 34.6 Å². The summed E-state index contributed by atoms with van der Waals surface area (Å²) in [6.07, 6.45) is -2.47. The van der Waals surface area contributed by atoms with Crippen LogP contribution in [0.5, 0.6) is 0 Å². The lowest BCUT2D eigenvalue weighted by atomic mass is 10.1. The number of piperazine rings is 1. The number of unbranched alkanes of at least 4 members (excludes halogenated alkanes) is 2. The molecule has 0 aliphatic carbocycles. The first-order valence-electron chi connectivity index (χ1n) is 12.1. The van der Waals surface area contributed by atoms with Crippen LogP contribution in [0.2, 0.25) is 5.02 Å². The first-order valence-corrected chi connectivity index (χ1v) is 13.9. The molecule has 3 rings (SSSR count). The molecule has 39 heavy (non-hydrogen) atoms. The summed E-state index contributed by atoms with van der Waals surface area (Å²) in [7, 11) is -3.86. The van der Waals surface area contributed by atoms with E-state index in [0.717, 1.165) is 12.1 Å². The van der Waals surface area contributed by atoms with Crippen LogP contribution in [0, 0.1) is 0 Å². The maximum atomic E-state index is 13.1. The van der Waals surface area contributed by atoms with Crippen LogP contribution < -0.4 is 21.0 Å². The van der Waals surface area contributed by atoms with Crippen molar-refractivity contribution in [3.8, 4) is 0 Å². The molecule has 1 fully saturated rings. The number of amides is 3. The van der Waals surface area contributed by atoms with Crippen LogP contribution in [0.3, 0.4) is 0 Å². The minimum atomic E-state index is -4.55. The Hall–Kier alpha value is -3.07. The van der Waals surface area contributed by atoms with Crippen molar-refractivity contribution in [3.63, 3.8) is 0 Å². The molecule has 214 valence electrons. The minimum absolute atomic E-state index is 0.0240. The van der Waals surface area contributed by atoms with Crippen LogP contribution in [0.4, 0.5) is 29.3 Å². The summed E-state index contributed by atoms with van der Waals surface area (Å²) in [5, 5.41) is 13.6. The second-order valence-electron chi connectivity index (χ2n) is 8.84. The van der Waals surface area contributed by atoms with Gasteiger partial charge in [0.1, 0.15) is 0 Å². The normalized spacial score (nSPS) is 14.6. The predicted octanol–water partition coefficient (Wildman–Crippen LogP) is 4.06. The SMILES string of the molecule is O=C(CCCCCNC(=O)Nc1ccc(S(=O)(=O)N2CCN(c3cc(Cl)cc(C(F)(F)F)c3)CC2)cc1)NO. The summed E-state index contributed by atoms with van der Waals surface area (Å²) in [5.41, 5.74) is 1.34. The molecule has 0 saturated carbocycles. The molecule has 1 saturated heterocycles. The van der Waals surface area contributed by atoms with E-state index in [9.17, 15) is 31.2 Å². The number of alkyl halides is 3. The monoisotopic (exact) mass is 591 g/mol. The van der Waals surface area contributed by atoms with Crippen molar-refractivity contribution in [2.75, 3.05) is 42.9 Å². The highest BCUT2D eigenvalue weighted by molar-refractivity contribution is 7.89. The molecule has 0 bridgehead atoms. The summed E-state index contributed by atoms with van der Waals surface area (Å²) in [6, 6.07) is 8.45. The Labute approximate surface area is 229 Å². The molecular weight excluding hydrogens is 563 g/mol. The molecule has 15 heteroatoms. The zero-order valence-electron chi connectivity index (χ0n) is 20.8. The number of urea groups is 1. The number of hydroxylamine groups is 1. The number of rotatable bonds is 10. The molecule has 0 aromatic heterocycles. The van der Waals surface area contributed by atoms with Gasteiger partial charge in [0.25, 0.3) is 0 Å². The van der Waals surface area contributed by atoms with Gasteiger partial charge in [-0.25, -0.2) is 18.7 Å². The third-order valence-electron chi connectivity index (χ3n) is 6.05. The molecule has 0 spiro atoms. The van der Waals surface area contributed by atoms with Gasteiger partial charge in [-0.3, -0.25) is 10.0 Å². The van der Waals surface area contributed by atoms with Crippen LogP contribution in [-0.2, 0) is 21.0 Å². The number of sulfonamides is 1. The highest BCUT2D eigenvalue weighted by Crippen LogP contribution is 2.35. The largest absolute Gasteiger partial charge is 0.416 e. The van der Waals surface area contributed by atoms with Crippen LogP contribution in [0.1, 0.15) is 31.2 Å². The standard InChI is InChI=1S/C24H29ClF3N5O5S/c25-18-14-17(24(26,27)28)15-20(16-18)32-10-12-33(13-11-32)39(37,38)21-7-5-19(6-8-21)30-23(35)29-9-3-1-2-4-22(34)31-36/h5-8,14-16,36H,1-4,9-13H2,(H,31,34)(H2,29,30,35). The number of carbonyl (C=O) groups is 2. The number of nitrogens with zero attached hydrogens (tertiary/aromatic N) is 2. The molecule has 2 aromatic carbocycles.